The Morgan fingerprint density at radius 1 is 1.24 bits per heavy atom. The Bertz CT molecular complexity index is 1010. The number of benzene rings is 1. The summed E-state index contributed by atoms with van der Waals surface area (Å²) in [6.07, 6.45) is 6.19. The first-order chi connectivity index (χ1) is 17.8. The number of aliphatic hydroxyl groups excluding tert-OH is 1. The monoisotopic (exact) mass is 512 g/mol. The van der Waals surface area contributed by atoms with Gasteiger partial charge in [0.25, 0.3) is 0 Å². The fraction of sp³-hybridized carbons (Fsp3) is 0.621. The molecule has 0 aliphatic carbocycles. The van der Waals surface area contributed by atoms with E-state index in [4.69, 9.17) is 4.74 Å². The van der Waals surface area contributed by atoms with Crippen molar-refractivity contribution in [3.05, 3.63) is 48.6 Å². The van der Waals surface area contributed by atoms with Crippen LogP contribution in [-0.2, 0) is 25.5 Å². The van der Waals surface area contributed by atoms with Crippen molar-refractivity contribution in [3.8, 4) is 0 Å². The van der Waals surface area contributed by atoms with E-state index in [-0.39, 0.29) is 12.5 Å². The zero-order chi connectivity index (χ0) is 26.8. The lowest BCUT2D eigenvalue weighted by atomic mass is 9.65. The number of fused-ring (bicyclic) bond motifs is 1. The number of likely N-dealkylation sites (tertiary alicyclic amines) is 1. The minimum Gasteiger partial charge on any atom is -0.481 e. The van der Waals surface area contributed by atoms with Crippen LogP contribution in [0.15, 0.2) is 43.0 Å². The molecule has 1 aromatic rings. The highest BCUT2D eigenvalue weighted by Crippen LogP contribution is 2.64. The maximum absolute atomic E-state index is 14.3. The molecule has 3 fully saturated rings. The number of carboxylic acids is 1. The van der Waals surface area contributed by atoms with Gasteiger partial charge in [-0.05, 0) is 37.7 Å². The van der Waals surface area contributed by atoms with E-state index in [0.717, 1.165) is 24.8 Å². The number of nitrogens with zero attached hydrogens (tertiary/aromatic N) is 2. The Morgan fingerprint density at radius 2 is 1.97 bits per heavy atom. The van der Waals surface area contributed by atoms with Gasteiger partial charge in [-0.25, -0.2) is 0 Å². The summed E-state index contributed by atoms with van der Waals surface area (Å²) in [6, 6.07) is 7.84. The van der Waals surface area contributed by atoms with Crippen molar-refractivity contribution < 1.29 is 29.3 Å². The zero-order valence-corrected chi connectivity index (χ0v) is 22.0. The van der Waals surface area contributed by atoms with Crippen molar-refractivity contribution in [3.63, 3.8) is 0 Å². The number of aliphatic carboxylic acids is 1. The van der Waals surface area contributed by atoms with Crippen molar-refractivity contribution in [2.45, 2.75) is 82.1 Å². The van der Waals surface area contributed by atoms with E-state index < -0.39 is 47.0 Å². The van der Waals surface area contributed by atoms with Gasteiger partial charge in [-0.2, -0.15) is 0 Å². The van der Waals surface area contributed by atoms with Crippen LogP contribution >= 0.6 is 0 Å². The van der Waals surface area contributed by atoms with Crippen molar-refractivity contribution in [2.75, 3.05) is 19.7 Å². The van der Waals surface area contributed by atoms with E-state index in [9.17, 15) is 24.6 Å². The number of aliphatic hydroxyl groups is 1. The van der Waals surface area contributed by atoms with Crippen LogP contribution in [0.25, 0.3) is 0 Å². The SMILES string of the molecule is C=CCN(CCCCC)C(=O)C1N([C@@H](CO)Cc2ccccc2)C(=O)[C@@H]2[C@@H](C(=O)O)[C@@]3(CC)CCC12O3. The van der Waals surface area contributed by atoms with Crippen LogP contribution in [0, 0.1) is 11.8 Å². The fourth-order valence-electron chi connectivity index (χ4n) is 7.01. The summed E-state index contributed by atoms with van der Waals surface area (Å²) in [6.45, 7) is 8.30. The predicted molar refractivity (Wildman–Crippen MR) is 139 cm³/mol. The third-order valence-electron chi connectivity index (χ3n) is 8.73. The lowest BCUT2D eigenvalue weighted by Crippen LogP contribution is -2.59. The molecular weight excluding hydrogens is 472 g/mol. The predicted octanol–water partition coefficient (Wildman–Crippen LogP) is 3.03. The standard InChI is InChI=1S/C29H40N2O6/c1-4-7-11-17-30(16-5-2)26(34)24-29-15-14-28(6-3,37-29)23(27(35)36)22(29)25(33)31(24)21(19-32)18-20-12-9-8-10-13-20/h5,8-10,12-13,21-24,32H,2,4,6-7,11,14-19H2,1,3H3,(H,35,36)/t21-,22+,23+,24?,28-,29?/m1/s1. The number of rotatable bonds is 13. The van der Waals surface area contributed by atoms with Crippen LogP contribution in [0.5, 0.6) is 0 Å². The van der Waals surface area contributed by atoms with Gasteiger partial charge in [0.05, 0.1) is 24.2 Å². The average molecular weight is 513 g/mol. The van der Waals surface area contributed by atoms with Crippen molar-refractivity contribution >= 4 is 17.8 Å². The largest absolute Gasteiger partial charge is 0.481 e. The van der Waals surface area contributed by atoms with Gasteiger partial charge in [-0.15, -0.1) is 6.58 Å². The van der Waals surface area contributed by atoms with Gasteiger partial charge in [0.2, 0.25) is 11.8 Å². The molecule has 4 rings (SSSR count). The first kappa shape index (κ1) is 27.3. The normalized spacial score (nSPS) is 30.8. The number of carboxylic acid groups (broad SMARTS) is 1. The minimum absolute atomic E-state index is 0.253. The van der Waals surface area contributed by atoms with Crippen LogP contribution < -0.4 is 0 Å². The number of unbranched alkanes of at least 4 members (excludes halogenated alkanes) is 2. The quantitative estimate of drug-likeness (QED) is 0.311. The molecule has 37 heavy (non-hydrogen) atoms. The summed E-state index contributed by atoms with van der Waals surface area (Å²) in [7, 11) is 0. The Hall–Kier alpha value is -2.71. The molecule has 1 spiro atoms. The second-order valence-corrected chi connectivity index (χ2v) is 10.7. The number of ether oxygens (including phenoxy) is 1. The minimum atomic E-state index is -1.22. The van der Waals surface area contributed by atoms with Gasteiger partial charge in [-0.3, -0.25) is 14.4 Å². The van der Waals surface area contributed by atoms with Crippen LogP contribution in [-0.4, -0.2) is 80.8 Å². The molecule has 0 aromatic heterocycles. The maximum atomic E-state index is 14.3. The molecule has 3 aliphatic heterocycles. The number of carbonyl (C=O) groups excluding carboxylic acids is 2. The number of hydrogen-bond acceptors (Lipinski definition) is 5. The smallest absolute Gasteiger partial charge is 0.310 e. The first-order valence-corrected chi connectivity index (χ1v) is 13.6. The molecule has 3 saturated heterocycles. The second kappa shape index (κ2) is 11.0. The Balaban J connectivity index is 1.79. The molecule has 2 unspecified atom stereocenters. The highest BCUT2D eigenvalue weighted by Gasteiger charge is 2.79. The van der Waals surface area contributed by atoms with E-state index in [1.807, 2.05) is 37.3 Å². The highest BCUT2D eigenvalue weighted by molar-refractivity contribution is 5.98. The van der Waals surface area contributed by atoms with Crippen LogP contribution in [0.3, 0.4) is 0 Å². The molecule has 6 atom stereocenters. The number of hydrogen-bond donors (Lipinski definition) is 2. The van der Waals surface area contributed by atoms with Crippen molar-refractivity contribution in [1.29, 1.82) is 0 Å². The van der Waals surface area contributed by atoms with Gasteiger partial charge >= 0.3 is 5.97 Å². The second-order valence-electron chi connectivity index (χ2n) is 10.7. The van der Waals surface area contributed by atoms with E-state index in [2.05, 4.69) is 13.5 Å². The molecular formula is C29H40N2O6. The van der Waals surface area contributed by atoms with Gasteiger partial charge < -0.3 is 24.7 Å². The van der Waals surface area contributed by atoms with E-state index in [0.29, 0.717) is 38.8 Å². The van der Waals surface area contributed by atoms with Crippen LogP contribution in [0.1, 0.15) is 57.9 Å². The van der Waals surface area contributed by atoms with Crippen molar-refractivity contribution in [2.24, 2.45) is 11.8 Å². The molecule has 1 aromatic carbocycles. The summed E-state index contributed by atoms with van der Waals surface area (Å²) >= 11 is 0. The molecule has 3 aliphatic rings. The van der Waals surface area contributed by atoms with Gasteiger partial charge in [0, 0.05) is 13.1 Å². The van der Waals surface area contributed by atoms with Crippen LogP contribution in [0.4, 0.5) is 0 Å². The summed E-state index contributed by atoms with van der Waals surface area (Å²) in [5, 5.41) is 20.8. The topological polar surface area (TPSA) is 107 Å². The summed E-state index contributed by atoms with van der Waals surface area (Å²) in [4.78, 5) is 44.3. The molecule has 8 nitrogen and oxygen atoms in total. The molecule has 3 heterocycles. The zero-order valence-electron chi connectivity index (χ0n) is 22.0. The Labute approximate surface area is 219 Å². The molecule has 2 bridgehead atoms. The molecule has 202 valence electrons. The van der Waals surface area contributed by atoms with Crippen LogP contribution in [0.2, 0.25) is 0 Å². The van der Waals surface area contributed by atoms with E-state index in [1.165, 1.54) is 4.90 Å². The third kappa shape index (κ3) is 4.48. The first-order valence-electron chi connectivity index (χ1n) is 13.6. The molecule has 2 amide bonds. The molecule has 2 N–H and O–H groups in total. The summed E-state index contributed by atoms with van der Waals surface area (Å²) < 4.78 is 6.63. The summed E-state index contributed by atoms with van der Waals surface area (Å²) in [5.74, 6) is -3.70. The van der Waals surface area contributed by atoms with Gasteiger partial charge in [0.15, 0.2) is 0 Å². The maximum Gasteiger partial charge on any atom is 0.310 e. The fourth-order valence-corrected chi connectivity index (χ4v) is 7.01. The molecule has 0 saturated carbocycles. The molecule has 8 heteroatoms. The lowest BCUT2D eigenvalue weighted by Gasteiger charge is -2.39. The lowest BCUT2D eigenvalue weighted by molar-refractivity contribution is -0.160. The van der Waals surface area contributed by atoms with Gasteiger partial charge in [0.1, 0.15) is 17.6 Å². The average Bonchev–Trinajstić information content (AvgIpc) is 3.51. The Kier molecular flexibility index (Phi) is 8.09. The summed E-state index contributed by atoms with van der Waals surface area (Å²) in [5.41, 5.74) is -1.26. The molecule has 0 radical (unpaired) electrons. The Morgan fingerprint density at radius 3 is 2.57 bits per heavy atom. The number of amides is 2. The number of carbonyl (C=O) groups is 3. The van der Waals surface area contributed by atoms with Gasteiger partial charge in [-0.1, -0.05) is 63.1 Å². The van der Waals surface area contributed by atoms with E-state index >= 15 is 0 Å². The van der Waals surface area contributed by atoms with Crippen molar-refractivity contribution in [1.82, 2.24) is 9.80 Å². The van der Waals surface area contributed by atoms with E-state index in [1.54, 1.807) is 11.0 Å². The highest BCUT2D eigenvalue weighted by atomic mass is 16.5. The third-order valence-corrected chi connectivity index (χ3v) is 8.73.